The van der Waals surface area contributed by atoms with Gasteiger partial charge < -0.3 is 4.74 Å². The molecule has 2 heterocycles. The first-order valence-corrected chi connectivity index (χ1v) is 12.3. The number of rotatable bonds is 6. The van der Waals surface area contributed by atoms with Crippen LogP contribution >= 0.6 is 11.3 Å². The molecule has 0 fully saturated rings. The maximum atomic E-state index is 12.5. The molecule has 11 heteroatoms. The van der Waals surface area contributed by atoms with E-state index in [4.69, 9.17) is 4.74 Å². The highest BCUT2D eigenvalue weighted by atomic mass is 32.2. The molecule has 33 heavy (non-hydrogen) atoms. The smallest absolute Gasteiger partial charge is 0.331 e. The van der Waals surface area contributed by atoms with Crippen molar-refractivity contribution in [3.05, 3.63) is 65.5 Å². The van der Waals surface area contributed by atoms with Gasteiger partial charge in [0.25, 0.3) is 15.9 Å². The minimum absolute atomic E-state index is 0.0587. The Balaban J connectivity index is 1.38. The van der Waals surface area contributed by atoms with Gasteiger partial charge in [0.1, 0.15) is 11.9 Å². The molecule has 0 spiro atoms. The zero-order valence-corrected chi connectivity index (χ0v) is 19.3. The van der Waals surface area contributed by atoms with Gasteiger partial charge in [0.15, 0.2) is 11.2 Å². The number of hydrogen-bond acceptors (Lipinski definition) is 8. The van der Waals surface area contributed by atoms with Gasteiger partial charge in [-0.2, -0.15) is 0 Å². The minimum atomic E-state index is -3.72. The number of esters is 1. The molecule has 1 aliphatic heterocycles. The summed E-state index contributed by atoms with van der Waals surface area (Å²) in [5, 5.41) is 4.84. The van der Waals surface area contributed by atoms with Gasteiger partial charge in [-0.1, -0.05) is 42.5 Å². The highest BCUT2D eigenvalue weighted by Gasteiger charge is 2.31. The molecule has 2 N–H and O–H groups in total. The molecule has 0 bridgehead atoms. The molecule has 2 atom stereocenters. The lowest BCUT2D eigenvalue weighted by atomic mass is 10.2. The average Bonchev–Trinajstić information content (AvgIpc) is 3.36. The summed E-state index contributed by atoms with van der Waals surface area (Å²) in [4.78, 5) is 33.6. The van der Waals surface area contributed by atoms with Crippen molar-refractivity contribution in [2.45, 2.75) is 30.9 Å². The van der Waals surface area contributed by atoms with E-state index in [1.165, 1.54) is 31.3 Å². The fourth-order valence-electron chi connectivity index (χ4n) is 3.08. The second-order valence-electron chi connectivity index (χ2n) is 7.23. The van der Waals surface area contributed by atoms with Gasteiger partial charge in [-0.05, 0) is 26.0 Å². The first-order chi connectivity index (χ1) is 15.7. The molecule has 3 aromatic rings. The van der Waals surface area contributed by atoms with E-state index in [9.17, 15) is 18.0 Å². The first-order valence-electron chi connectivity index (χ1n) is 9.97. The number of anilines is 1. The van der Waals surface area contributed by atoms with Gasteiger partial charge in [0.2, 0.25) is 0 Å². The van der Waals surface area contributed by atoms with Crippen molar-refractivity contribution in [2.75, 3.05) is 5.32 Å². The number of fused-ring (bicyclic) bond motifs is 1. The predicted molar refractivity (Wildman–Crippen MR) is 124 cm³/mol. The molecule has 0 radical (unpaired) electrons. The van der Waals surface area contributed by atoms with E-state index in [-0.39, 0.29) is 10.7 Å². The number of benzene rings is 2. The largest absolute Gasteiger partial charge is 0.451 e. The Hall–Kier alpha value is -3.57. The van der Waals surface area contributed by atoms with Gasteiger partial charge in [-0.25, -0.2) is 18.2 Å². The van der Waals surface area contributed by atoms with E-state index < -0.39 is 34.0 Å². The lowest BCUT2D eigenvalue weighted by Crippen LogP contribution is -2.33. The molecular formula is C22H20N4O5S2. The average molecular weight is 485 g/mol. The van der Waals surface area contributed by atoms with Crippen LogP contribution in [0.25, 0.3) is 11.3 Å². The van der Waals surface area contributed by atoms with E-state index in [1.54, 1.807) is 18.2 Å². The van der Waals surface area contributed by atoms with Crippen LogP contribution in [0.2, 0.25) is 0 Å². The molecular weight excluding hydrogens is 464 g/mol. The van der Waals surface area contributed by atoms with Crippen LogP contribution in [0.3, 0.4) is 0 Å². The number of aliphatic imine (C=N–C) groups is 1. The molecule has 1 aliphatic rings. The van der Waals surface area contributed by atoms with Gasteiger partial charge in [-0.15, -0.1) is 11.3 Å². The molecule has 4 rings (SSSR count). The maximum absolute atomic E-state index is 12.5. The van der Waals surface area contributed by atoms with E-state index >= 15 is 0 Å². The summed E-state index contributed by atoms with van der Waals surface area (Å²) in [6, 6.07) is 14.8. The normalized spacial score (nSPS) is 17.0. The number of amides is 1. The molecule has 2 aromatic carbocycles. The number of nitrogens with one attached hydrogen (secondary N) is 2. The second-order valence-corrected chi connectivity index (χ2v) is 9.74. The molecule has 9 nitrogen and oxygen atoms in total. The molecule has 1 amide bonds. The standard InChI is InChI=1S/C22H20N4O5S2/c1-13(23-19-16-10-6-7-11-18(16)33(29,30)26-19)21(28)31-14(2)20(27)25-22-24-17(12-32-22)15-8-4-3-5-9-15/h3-14H,1-2H3,(H,23,26)(H,24,25,27)/t13-,14+/m0/s1. The van der Waals surface area contributed by atoms with Crippen molar-refractivity contribution in [1.82, 2.24) is 9.71 Å². The Kier molecular flexibility index (Phi) is 6.25. The van der Waals surface area contributed by atoms with Crippen molar-refractivity contribution in [3.63, 3.8) is 0 Å². The third kappa shape index (κ3) is 4.94. The third-order valence-corrected chi connectivity index (χ3v) is 6.95. The minimum Gasteiger partial charge on any atom is -0.451 e. The monoisotopic (exact) mass is 484 g/mol. The van der Waals surface area contributed by atoms with Crippen LogP contribution in [-0.4, -0.2) is 43.3 Å². The SMILES string of the molecule is C[C@H](N=C1NS(=O)(=O)c2ccccc21)C(=O)O[C@H](C)C(=O)Nc1nc(-c2ccccc2)cs1. The summed E-state index contributed by atoms with van der Waals surface area (Å²) in [7, 11) is -3.72. The Morgan fingerprint density at radius 1 is 1.09 bits per heavy atom. The number of carbonyl (C=O) groups is 2. The number of ether oxygens (including phenoxy) is 1. The summed E-state index contributed by atoms with van der Waals surface area (Å²) < 4.78 is 31.9. The number of hydrogen-bond donors (Lipinski definition) is 2. The molecule has 170 valence electrons. The fourth-order valence-corrected chi connectivity index (χ4v) is 5.04. The van der Waals surface area contributed by atoms with Crippen molar-refractivity contribution < 1.29 is 22.7 Å². The first kappa shape index (κ1) is 22.6. The molecule has 0 saturated carbocycles. The topological polar surface area (TPSA) is 127 Å². The second kappa shape index (κ2) is 9.12. The van der Waals surface area contributed by atoms with Crippen molar-refractivity contribution >= 4 is 44.2 Å². The summed E-state index contributed by atoms with van der Waals surface area (Å²) in [6.07, 6.45) is -1.10. The van der Waals surface area contributed by atoms with Gasteiger partial charge in [0.05, 0.1) is 10.6 Å². The van der Waals surface area contributed by atoms with Crippen LogP contribution in [0.5, 0.6) is 0 Å². The van der Waals surface area contributed by atoms with Gasteiger partial charge in [0, 0.05) is 16.5 Å². The van der Waals surface area contributed by atoms with E-state index in [0.717, 1.165) is 11.3 Å². The van der Waals surface area contributed by atoms with Crippen LogP contribution in [0.1, 0.15) is 19.4 Å². The number of carbonyl (C=O) groups excluding carboxylic acids is 2. The summed E-state index contributed by atoms with van der Waals surface area (Å²) >= 11 is 1.26. The van der Waals surface area contributed by atoms with E-state index in [1.807, 2.05) is 35.7 Å². The number of nitrogens with zero attached hydrogens (tertiary/aromatic N) is 2. The van der Waals surface area contributed by atoms with Crippen LogP contribution in [0.4, 0.5) is 5.13 Å². The van der Waals surface area contributed by atoms with Gasteiger partial charge >= 0.3 is 5.97 Å². The Morgan fingerprint density at radius 3 is 2.55 bits per heavy atom. The van der Waals surface area contributed by atoms with Gasteiger partial charge in [-0.3, -0.25) is 19.8 Å². The zero-order valence-electron chi connectivity index (χ0n) is 17.7. The quantitative estimate of drug-likeness (QED) is 0.518. The fraction of sp³-hybridized carbons (Fsp3) is 0.182. The molecule has 1 aromatic heterocycles. The lowest BCUT2D eigenvalue weighted by Gasteiger charge is -2.14. The van der Waals surface area contributed by atoms with Crippen molar-refractivity contribution in [3.8, 4) is 11.3 Å². The van der Waals surface area contributed by atoms with Crippen LogP contribution in [0, 0.1) is 0 Å². The van der Waals surface area contributed by atoms with Crippen molar-refractivity contribution in [1.29, 1.82) is 0 Å². The number of thiazole rings is 1. The number of sulfonamides is 1. The van der Waals surface area contributed by atoms with Crippen LogP contribution < -0.4 is 10.0 Å². The number of aromatic nitrogens is 1. The predicted octanol–water partition coefficient (Wildman–Crippen LogP) is 2.81. The summed E-state index contributed by atoms with van der Waals surface area (Å²) in [5.74, 6) is -1.25. The molecule has 0 unspecified atom stereocenters. The van der Waals surface area contributed by atoms with Crippen LogP contribution in [0.15, 0.2) is 69.9 Å². The Labute approximate surface area is 194 Å². The highest BCUT2D eigenvalue weighted by molar-refractivity contribution is 7.90. The van der Waals surface area contributed by atoms with Crippen molar-refractivity contribution in [2.24, 2.45) is 4.99 Å². The maximum Gasteiger partial charge on any atom is 0.331 e. The highest BCUT2D eigenvalue weighted by Crippen LogP contribution is 2.25. The molecule has 0 aliphatic carbocycles. The molecule has 0 saturated heterocycles. The zero-order chi connectivity index (χ0) is 23.6. The van der Waals surface area contributed by atoms with E-state index in [0.29, 0.717) is 10.7 Å². The lowest BCUT2D eigenvalue weighted by molar-refractivity contribution is -0.153. The Morgan fingerprint density at radius 2 is 1.79 bits per heavy atom. The van der Waals surface area contributed by atoms with Crippen LogP contribution in [-0.2, 0) is 24.3 Å². The number of amidine groups is 1. The third-order valence-electron chi connectivity index (χ3n) is 4.79. The summed E-state index contributed by atoms with van der Waals surface area (Å²) in [5.41, 5.74) is 2.02. The van der Waals surface area contributed by atoms with E-state index in [2.05, 4.69) is 20.0 Å². The Bertz CT molecular complexity index is 1340. The summed E-state index contributed by atoms with van der Waals surface area (Å²) in [6.45, 7) is 2.90.